The smallest absolute Gasteiger partial charge is 0.322 e. The summed E-state index contributed by atoms with van der Waals surface area (Å²) >= 11 is 1.26. The number of rotatable bonds is 6. The van der Waals surface area contributed by atoms with E-state index in [-0.39, 0.29) is 17.7 Å². The van der Waals surface area contributed by atoms with Crippen LogP contribution in [0.4, 0.5) is 6.01 Å². The zero-order valence-electron chi connectivity index (χ0n) is 15.1. The van der Waals surface area contributed by atoms with Crippen molar-refractivity contribution in [1.82, 2.24) is 25.0 Å². The van der Waals surface area contributed by atoms with Gasteiger partial charge >= 0.3 is 6.01 Å². The molecule has 0 aliphatic rings. The van der Waals surface area contributed by atoms with Crippen molar-refractivity contribution in [3.05, 3.63) is 48.4 Å². The van der Waals surface area contributed by atoms with E-state index >= 15 is 0 Å². The molecule has 4 rings (SSSR count). The first kappa shape index (κ1) is 18.0. The summed E-state index contributed by atoms with van der Waals surface area (Å²) in [5.74, 6) is 1.63. The molecule has 10 heteroatoms. The highest BCUT2D eigenvalue weighted by Crippen LogP contribution is 2.26. The number of anilines is 1. The average molecular weight is 396 g/mol. The largest absolute Gasteiger partial charge is 0.469 e. The first-order valence-corrected chi connectivity index (χ1v) is 9.36. The van der Waals surface area contributed by atoms with Gasteiger partial charge in [-0.3, -0.25) is 10.1 Å². The van der Waals surface area contributed by atoms with Crippen molar-refractivity contribution in [1.29, 1.82) is 0 Å². The number of hydrogen-bond acceptors (Lipinski definition) is 8. The molecule has 0 saturated carbocycles. The summed E-state index contributed by atoms with van der Waals surface area (Å²) in [5.41, 5.74) is 1.65. The van der Waals surface area contributed by atoms with E-state index in [0.29, 0.717) is 16.9 Å². The number of aromatic nitrogens is 5. The summed E-state index contributed by atoms with van der Waals surface area (Å²) in [4.78, 5) is 12.2. The Morgan fingerprint density at radius 1 is 1.14 bits per heavy atom. The lowest BCUT2D eigenvalue weighted by atomic mass is 10.2. The highest BCUT2D eigenvalue weighted by Gasteiger charge is 2.17. The monoisotopic (exact) mass is 396 g/mol. The lowest BCUT2D eigenvalue weighted by Gasteiger charge is -2.03. The Labute approximate surface area is 164 Å². The molecular weight excluding hydrogens is 380 g/mol. The number of amides is 1. The molecular formula is C18H16N6O3S. The van der Waals surface area contributed by atoms with Gasteiger partial charge in [0.05, 0.1) is 17.6 Å². The van der Waals surface area contributed by atoms with Crippen LogP contribution >= 0.6 is 11.8 Å². The van der Waals surface area contributed by atoms with Gasteiger partial charge in [-0.05, 0) is 25.1 Å². The van der Waals surface area contributed by atoms with Crippen LogP contribution in [0.3, 0.4) is 0 Å². The Balaban J connectivity index is 1.37. The van der Waals surface area contributed by atoms with E-state index < -0.39 is 0 Å². The summed E-state index contributed by atoms with van der Waals surface area (Å²) in [6.45, 7) is 1.86. The number of hydrogen-bond donors (Lipinski definition) is 1. The van der Waals surface area contributed by atoms with Gasteiger partial charge in [0.1, 0.15) is 5.76 Å². The molecule has 0 radical (unpaired) electrons. The maximum absolute atomic E-state index is 12.2. The van der Waals surface area contributed by atoms with Crippen LogP contribution in [0.2, 0.25) is 0 Å². The molecule has 1 amide bonds. The van der Waals surface area contributed by atoms with Crippen LogP contribution in [0.25, 0.3) is 22.8 Å². The van der Waals surface area contributed by atoms with Crippen LogP contribution < -0.4 is 5.32 Å². The lowest BCUT2D eigenvalue weighted by Crippen LogP contribution is -2.14. The van der Waals surface area contributed by atoms with E-state index in [4.69, 9.17) is 8.83 Å². The van der Waals surface area contributed by atoms with Gasteiger partial charge in [0.25, 0.3) is 0 Å². The molecule has 28 heavy (non-hydrogen) atoms. The number of furan rings is 1. The second-order valence-corrected chi connectivity index (χ2v) is 6.81. The van der Waals surface area contributed by atoms with Gasteiger partial charge in [0.15, 0.2) is 11.0 Å². The number of carbonyl (C=O) groups is 1. The van der Waals surface area contributed by atoms with Crippen molar-refractivity contribution in [3.8, 4) is 22.8 Å². The van der Waals surface area contributed by atoms with Crippen LogP contribution in [0.5, 0.6) is 0 Å². The predicted molar refractivity (Wildman–Crippen MR) is 103 cm³/mol. The van der Waals surface area contributed by atoms with Gasteiger partial charge in [-0.1, -0.05) is 35.1 Å². The van der Waals surface area contributed by atoms with Crippen LogP contribution in [0, 0.1) is 6.92 Å². The highest BCUT2D eigenvalue weighted by molar-refractivity contribution is 7.99. The van der Waals surface area contributed by atoms with E-state index in [9.17, 15) is 4.79 Å². The van der Waals surface area contributed by atoms with Gasteiger partial charge in [-0.15, -0.1) is 15.3 Å². The van der Waals surface area contributed by atoms with E-state index in [0.717, 1.165) is 16.9 Å². The van der Waals surface area contributed by atoms with Gasteiger partial charge in [0, 0.05) is 12.6 Å². The molecule has 0 spiro atoms. The standard InChI is InChI=1S/C18H16N6O3S/c1-11-13(8-9-26-11)15-20-23-18(24(15)2)28-10-14(25)19-17-22-21-16(27-17)12-6-4-3-5-7-12/h3-9H,10H2,1-2H3,(H,19,22,25). The Morgan fingerprint density at radius 2 is 1.96 bits per heavy atom. The Hall–Kier alpha value is -3.40. The fourth-order valence-corrected chi connectivity index (χ4v) is 3.26. The van der Waals surface area contributed by atoms with Gasteiger partial charge in [0.2, 0.25) is 11.8 Å². The van der Waals surface area contributed by atoms with Crippen molar-refractivity contribution in [2.45, 2.75) is 12.1 Å². The number of carbonyl (C=O) groups excluding carboxylic acids is 1. The van der Waals surface area contributed by atoms with Crippen molar-refractivity contribution in [3.63, 3.8) is 0 Å². The van der Waals surface area contributed by atoms with Crippen LogP contribution in [-0.4, -0.2) is 36.6 Å². The molecule has 0 saturated heterocycles. The molecule has 0 unspecified atom stereocenters. The lowest BCUT2D eigenvalue weighted by molar-refractivity contribution is -0.113. The first-order chi connectivity index (χ1) is 13.6. The van der Waals surface area contributed by atoms with E-state index in [1.54, 1.807) is 6.26 Å². The number of nitrogens with one attached hydrogen (secondary N) is 1. The summed E-state index contributed by atoms with van der Waals surface area (Å²) in [7, 11) is 1.84. The summed E-state index contributed by atoms with van der Waals surface area (Å²) in [6.07, 6.45) is 1.60. The molecule has 0 aliphatic heterocycles. The van der Waals surface area contributed by atoms with E-state index in [2.05, 4.69) is 25.7 Å². The minimum atomic E-state index is -0.280. The quantitative estimate of drug-likeness (QED) is 0.495. The third-order valence-corrected chi connectivity index (χ3v) is 4.98. The minimum Gasteiger partial charge on any atom is -0.469 e. The zero-order valence-corrected chi connectivity index (χ0v) is 15.9. The Bertz CT molecular complexity index is 1100. The zero-order chi connectivity index (χ0) is 19.5. The minimum absolute atomic E-state index is 0.0529. The van der Waals surface area contributed by atoms with Crippen molar-refractivity contribution >= 4 is 23.7 Å². The molecule has 4 aromatic rings. The molecule has 142 valence electrons. The van der Waals surface area contributed by atoms with E-state index in [1.165, 1.54) is 11.8 Å². The Kier molecular flexibility index (Phi) is 4.94. The molecule has 0 atom stereocenters. The first-order valence-electron chi connectivity index (χ1n) is 8.37. The second kappa shape index (κ2) is 7.69. The molecule has 0 fully saturated rings. The molecule has 0 bridgehead atoms. The summed E-state index contributed by atoms with van der Waals surface area (Å²) < 4.78 is 12.6. The number of nitrogens with zero attached hydrogens (tertiary/aromatic N) is 5. The van der Waals surface area contributed by atoms with Crippen LogP contribution in [-0.2, 0) is 11.8 Å². The number of thioether (sulfide) groups is 1. The highest BCUT2D eigenvalue weighted by atomic mass is 32.2. The van der Waals surface area contributed by atoms with Crippen LogP contribution in [0.15, 0.2) is 56.7 Å². The molecule has 1 aromatic carbocycles. The third-order valence-electron chi connectivity index (χ3n) is 3.96. The van der Waals surface area contributed by atoms with E-state index in [1.807, 2.05) is 54.9 Å². The fraction of sp³-hybridized carbons (Fsp3) is 0.167. The van der Waals surface area contributed by atoms with Gasteiger partial charge < -0.3 is 13.4 Å². The summed E-state index contributed by atoms with van der Waals surface area (Å²) in [5, 5.41) is 19.3. The third kappa shape index (κ3) is 3.67. The average Bonchev–Trinajstić information content (AvgIpc) is 3.42. The van der Waals surface area contributed by atoms with Gasteiger partial charge in [-0.2, -0.15) is 0 Å². The molecule has 0 aliphatic carbocycles. The molecule has 1 N–H and O–H groups in total. The molecule has 3 aromatic heterocycles. The topological polar surface area (TPSA) is 112 Å². The normalized spacial score (nSPS) is 10.9. The Morgan fingerprint density at radius 3 is 2.71 bits per heavy atom. The van der Waals surface area contributed by atoms with Crippen molar-refractivity contribution in [2.24, 2.45) is 7.05 Å². The second-order valence-electron chi connectivity index (χ2n) is 5.87. The number of benzene rings is 1. The summed E-state index contributed by atoms with van der Waals surface area (Å²) in [6, 6.07) is 11.2. The van der Waals surface area contributed by atoms with Crippen molar-refractivity contribution < 1.29 is 13.6 Å². The SMILES string of the molecule is Cc1occc1-c1nnc(SCC(=O)Nc2nnc(-c3ccccc3)o2)n1C. The van der Waals surface area contributed by atoms with Gasteiger partial charge in [-0.25, -0.2) is 0 Å². The van der Waals surface area contributed by atoms with Crippen LogP contribution in [0.1, 0.15) is 5.76 Å². The maximum atomic E-state index is 12.2. The molecule has 3 heterocycles. The maximum Gasteiger partial charge on any atom is 0.322 e. The predicted octanol–water partition coefficient (Wildman–Crippen LogP) is 3.16. The fourth-order valence-electron chi connectivity index (χ4n) is 2.55. The number of aryl methyl sites for hydroxylation is 1. The van der Waals surface area contributed by atoms with Crippen molar-refractivity contribution in [2.75, 3.05) is 11.1 Å². The molecule has 9 nitrogen and oxygen atoms in total.